The van der Waals surface area contributed by atoms with Crippen molar-refractivity contribution in [3.8, 4) is 0 Å². The van der Waals surface area contributed by atoms with Gasteiger partial charge >= 0.3 is 0 Å². The monoisotopic (exact) mass is 282 g/mol. The molecule has 2 N–H and O–H groups in total. The Morgan fingerprint density at radius 1 is 1.10 bits per heavy atom. The molecule has 0 radical (unpaired) electrons. The molecule has 1 saturated heterocycles. The van der Waals surface area contributed by atoms with Crippen LogP contribution >= 0.6 is 0 Å². The van der Waals surface area contributed by atoms with Crippen molar-refractivity contribution in [3.63, 3.8) is 0 Å². The highest BCUT2D eigenvalue weighted by Crippen LogP contribution is 2.50. The van der Waals surface area contributed by atoms with Gasteiger partial charge in [-0.15, -0.1) is 0 Å². The molecule has 3 nitrogen and oxygen atoms in total. The van der Waals surface area contributed by atoms with Crippen molar-refractivity contribution >= 4 is 11.6 Å². The van der Waals surface area contributed by atoms with Crippen LogP contribution in [0.4, 0.5) is 10.1 Å². The molecule has 0 aliphatic carbocycles. The number of nitrogens with one attached hydrogen (secondary N) is 2. The van der Waals surface area contributed by atoms with Crippen molar-refractivity contribution in [3.05, 3.63) is 65.5 Å². The molecule has 2 aliphatic rings. The van der Waals surface area contributed by atoms with Crippen LogP contribution in [0.5, 0.6) is 0 Å². The highest BCUT2D eigenvalue weighted by molar-refractivity contribution is 6.07. The first-order chi connectivity index (χ1) is 10.2. The van der Waals surface area contributed by atoms with Gasteiger partial charge in [-0.25, -0.2) is 4.39 Å². The fourth-order valence-electron chi connectivity index (χ4n) is 3.66. The van der Waals surface area contributed by atoms with Gasteiger partial charge in [0.1, 0.15) is 5.82 Å². The third-order valence-corrected chi connectivity index (χ3v) is 4.63. The van der Waals surface area contributed by atoms with Gasteiger partial charge in [0.25, 0.3) is 0 Å². The van der Waals surface area contributed by atoms with Crippen molar-refractivity contribution in [2.75, 3.05) is 11.9 Å². The van der Waals surface area contributed by atoms with E-state index in [1.165, 1.54) is 12.1 Å². The molecule has 2 aromatic rings. The van der Waals surface area contributed by atoms with E-state index in [4.69, 9.17) is 0 Å². The predicted molar refractivity (Wildman–Crippen MR) is 78.5 cm³/mol. The van der Waals surface area contributed by atoms with E-state index in [1.807, 2.05) is 24.3 Å². The van der Waals surface area contributed by atoms with Gasteiger partial charge < -0.3 is 10.6 Å². The number of carbonyl (C=O) groups excluding carboxylic acids is 1. The lowest BCUT2D eigenvalue weighted by atomic mass is 9.73. The summed E-state index contributed by atoms with van der Waals surface area (Å²) in [5, 5.41) is 6.40. The van der Waals surface area contributed by atoms with Gasteiger partial charge in [0.2, 0.25) is 5.91 Å². The van der Waals surface area contributed by atoms with Crippen molar-refractivity contribution in [2.24, 2.45) is 0 Å². The Bertz CT molecular complexity index is 713. The van der Waals surface area contributed by atoms with Gasteiger partial charge in [-0.2, -0.15) is 0 Å². The van der Waals surface area contributed by atoms with Crippen molar-refractivity contribution in [1.29, 1.82) is 0 Å². The first-order valence-electron chi connectivity index (χ1n) is 7.11. The Labute approximate surface area is 122 Å². The summed E-state index contributed by atoms with van der Waals surface area (Å²) < 4.78 is 13.2. The Morgan fingerprint density at radius 3 is 2.67 bits per heavy atom. The second-order valence-electron chi connectivity index (χ2n) is 5.66. The Morgan fingerprint density at radius 2 is 1.86 bits per heavy atom. The molecule has 4 rings (SSSR count). The van der Waals surface area contributed by atoms with E-state index in [0.29, 0.717) is 0 Å². The number of halogens is 1. The summed E-state index contributed by atoms with van der Waals surface area (Å²) in [6.45, 7) is 0.768. The summed E-state index contributed by atoms with van der Waals surface area (Å²) >= 11 is 0. The molecule has 2 heterocycles. The van der Waals surface area contributed by atoms with Crippen LogP contribution in [-0.2, 0) is 10.2 Å². The molecular weight excluding hydrogens is 267 g/mol. The van der Waals surface area contributed by atoms with E-state index in [0.717, 1.165) is 29.8 Å². The average molecular weight is 282 g/mol. The first-order valence-corrected chi connectivity index (χ1v) is 7.11. The topological polar surface area (TPSA) is 41.1 Å². The van der Waals surface area contributed by atoms with Gasteiger partial charge in [0.15, 0.2) is 0 Å². The summed E-state index contributed by atoms with van der Waals surface area (Å²) in [5.74, 6) is -0.231. The van der Waals surface area contributed by atoms with Crippen molar-refractivity contribution in [1.82, 2.24) is 5.32 Å². The molecule has 0 saturated carbocycles. The fraction of sp³-hybridized carbons (Fsp3) is 0.235. The maximum absolute atomic E-state index is 13.2. The van der Waals surface area contributed by atoms with Crippen LogP contribution in [0.3, 0.4) is 0 Å². The number of benzene rings is 2. The second kappa shape index (κ2) is 4.40. The third-order valence-electron chi connectivity index (χ3n) is 4.63. The third kappa shape index (κ3) is 1.66. The number of amides is 1. The van der Waals surface area contributed by atoms with Crippen LogP contribution in [0, 0.1) is 5.82 Å². The van der Waals surface area contributed by atoms with E-state index < -0.39 is 5.41 Å². The molecular formula is C17H15FN2O. The Kier molecular flexibility index (Phi) is 2.62. The van der Waals surface area contributed by atoms with E-state index in [2.05, 4.69) is 10.6 Å². The zero-order chi connectivity index (χ0) is 14.4. The molecule has 1 amide bonds. The fourth-order valence-corrected chi connectivity index (χ4v) is 3.66. The maximum atomic E-state index is 13.2. The highest BCUT2D eigenvalue weighted by atomic mass is 19.1. The van der Waals surface area contributed by atoms with Crippen LogP contribution in [0.25, 0.3) is 0 Å². The minimum Gasteiger partial charge on any atom is -0.325 e. The lowest BCUT2D eigenvalue weighted by molar-refractivity contribution is -0.121. The number of fused-ring (bicyclic) bond motifs is 2. The van der Waals surface area contributed by atoms with Gasteiger partial charge in [0.05, 0.1) is 11.5 Å². The lowest BCUT2D eigenvalue weighted by Gasteiger charge is -2.29. The summed E-state index contributed by atoms with van der Waals surface area (Å²) in [6.07, 6.45) is 0.748. The number of anilines is 1. The number of rotatable bonds is 1. The van der Waals surface area contributed by atoms with Gasteiger partial charge in [0, 0.05) is 5.69 Å². The zero-order valence-electron chi connectivity index (χ0n) is 11.4. The normalized spacial score (nSPS) is 26.9. The minimum absolute atomic E-state index is 0.0306. The molecule has 2 unspecified atom stereocenters. The van der Waals surface area contributed by atoms with E-state index in [9.17, 15) is 9.18 Å². The molecule has 4 heteroatoms. The number of hydrogen-bond acceptors (Lipinski definition) is 2. The summed E-state index contributed by atoms with van der Waals surface area (Å²) in [7, 11) is 0. The molecule has 21 heavy (non-hydrogen) atoms. The zero-order valence-corrected chi connectivity index (χ0v) is 11.4. The summed E-state index contributed by atoms with van der Waals surface area (Å²) in [4.78, 5) is 12.7. The Hall–Kier alpha value is -2.20. The van der Waals surface area contributed by atoms with Gasteiger partial charge in [-0.1, -0.05) is 30.3 Å². The van der Waals surface area contributed by atoms with Crippen LogP contribution in [0.2, 0.25) is 0 Å². The van der Waals surface area contributed by atoms with Crippen LogP contribution in [-0.4, -0.2) is 12.5 Å². The molecule has 2 aliphatic heterocycles. The number of carbonyl (C=O) groups is 1. The standard InChI is InChI=1S/C17H15FN2O/c18-12-7-5-11(6-8-12)15-17(9-10-19-15)13-3-1-2-4-14(13)20-16(17)21/h1-8,15,19H,9-10H2,(H,20,21). The van der Waals surface area contributed by atoms with Crippen LogP contribution < -0.4 is 10.6 Å². The maximum Gasteiger partial charge on any atom is 0.237 e. The highest BCUT2D eigenvalue weighted by Gasteiger charge is 2.55. The summed E-state index contributed by atoms with van der Waals surface area (Å²) in [6, 6.07) is 14.1. The predicted octanol–water partition coefficient (Wildman–Crippen LogP) is 2.75. The first kappa shape index (κ1) is 12.5. The second-order valence-corrected chi connectivity index (χ2v) is 5.66. The number of para-hydroxylation sites is 1. The minimum atomic E-state index is -0.589. The van der Waals surface area contributed by atoms with Crippen molar-refractivity contribution in [2.45, 2.75) is 17.9 Å². The SMILES string of the molecule is O=C1Nc2ccccc2C12CCNC2c1ccc(F)cc1. The molecule has 1 fully saturated rings. The van der Waals surface area contributed by atoms with Crippen LogP contribution in [0.15, 0.2) is 48.5 Å². The van der Waals surface area contributed by atoms with Gasteiger partial charge in [-0.3, -0.25) is 4.79 Å². The average Bonchev–Trinajstić information content (AvgIpc) is 3.05. The summed E-state index contributed by atoms with van der Waals surface area (Å²) in [5.41, 5.74) is 2.28. The Balaban J connectivity index is 1.86. The van der Waals surface area contributed by atoms with Gasteiger partial charge in [-0.05, 0) is 42.3 Å². The lowest BCUT2D eigenvalue weighted by Crippen LogP contribution is -2.39. The largest absolute Gasteiger partial charge is 0.325 e. The van der Waals surface area contributed by atoms with Crippen molar-refractivity contribution < 1.29 is 9.18 Å². The molecule has 1 spiro atoms. The molecule has 2 aromatic carbocycles. The smallest absolute Gasteiger partial charge is 0.237 e. The molecule has 0 bridgehead atoms. The number of hydrogen-bond donors (Lipinski definition) is 2. The quantitative estimate of drug-likeness (QED) is 0.844. The molecule has 2 atom stereocenters. The van der Waals surface area contributed by atoms with E-state index in [1.54, 1.807) is 12.1 Å². The van der Waals surface area contributed by atoms with E-state index in [-0.39, 0.29) is 17.8 Å². The van der Waals surface area contributed by atoms with Crippen LogP contribution in [0.1, 0.15) is 23.6 Å². The molecule has 0 aromatic heterocycles. The molecule has 106 valence electrons. The van der Waals surface area contributed by atoms with E-state index >= 15 is 0 Å².